The third kappa shape index (κ3) is 3.55. The minimum absolute atomic E-state index is 0.0412. The standard InChI is InChI=1S/C21H23N5O2/c1-24-20(25-11-5-6-12-25)18(14-22-24)21(28)26-13-7-8-16(15-26)19(27)23-17-9-3-2-4-10-17/h2-6,9-12,14,16H,7-8,13,15H2,1H3,(H,23,27). The van der Waals surface area contributed by atoms with Gasteiger partial charge < -0.3 is 14.8 Å². The molecule has 28 heavy (non-hydrogen) atoms. The van der Waals surface area contributed by atoms with Gasteiger partial charge in [0.05, 0.1) is 12.1 Å². The fourth-order valence-corrected chi connectivity index (χ4v) is 3.68. The molecule has 1 saturated heterocycles. The number of carbonyl (C=O) groups is 2. The van der Waals surface area contributed by atoms with E-state index < -0.39 is 0 Å². The molecule has 2 aromatic heterocycles. The van der Waals surface area contributed by atoms with E-state index in [1.807, 2.05) is 66.5 Å². The topological polar surface area (TPSA) is 72.2 Å². The predicted molar refractivity (Wildman–Crippen MR) is 106 cm³/mol. The van der Waals surface area contributed by atoms with Crippen LogP contribution in [0.3, 0.4) is 0 Å². The molecule has 7 heteroatoms. The second-order valence-corrected chi connectivity index (χ2v) is 7.04. The number of likely N-dealkylation sites (tertiary alicyclic amines) is 1. The van der Waals surface area contributed by atoms with Gasteiger partial charge in [0.25, 0.3) is 5.91 Å². The Balaban J connectivity index is 1.49. The normalized spacial score (nSPS) is 16.8. The van der Waals surface area contributed by atoms with Crippen molar-refractivity contribution in [2.75, 3.05) is 18.4 Å². The Kier molecular flexibility index (Phi) is 4.97. The Morgan fingerprint density at radius 2 is 1.86 bits per heavy atom. The molecular formula is C21H23N5O2. The zero-order chi connectivity index (χ0) is 19.5. The largest absolute Gasteiger partial charge is 0.338 e. The molecule has 4 rings (SSSR count). The number of carbonyl (C=O) groups excluding carboxylic acids is 2. The van der Waals surface area contributed by atoms with Crippen molar-refractivity contribution in [1.82, 2.24) is 19.2 Å². The Morgan fingerprint density at radius 3 is 2.61 bits per heavy atom. The van der Waals surface area contributed by atoms with Gasteiger partial charge in [0.2, 0.25) is 5.91 Å². The van der Waals surface area contributed by atoms with Crippen molar-refractivity contribution in [3.63, 3.8) is 0 Å². The number of para-hydroxylation sites is 1. The summed E-state index contributed by atoms with van der Waals surface area (Å²) < 4.78 is 3.57. The number of hydrogen-bond acceptors (Lipinski definition) is 3. The Bertz CT molecular complexity index is 962. The molecule has 144 valence electrons. The molecule has 0 radical (unpaired) electrons. The van der Waals surface area contributed by atoms with Gasteiger partial charge in [-0.1, -0.05) is 18.2 Å². The van der Waals surface area contributed by atoms with Crippen molar-refractivity contribution >= 4 is 17.5 Å². The number of aryl methyl sites for hydroxylation is 1. The molecule has 2 amide bonds. The van der Waals surface area contributed by atoms with Gasteiger partial charge in [-0.05, 0) is 37.1 Å². The lowest BCUT2D eigenvalue weighted by Crippen LogP contribution is -2.44. The van der Waals surface area contributed by atoms with Gasteiger partial charge >= 0.3 is 0 Å². The Labute approximate surface area is 163 Å². The Hall–Kier alpha value is -3.35. The summed E-state index contributed by atoms with van der Waals surface area (Å²) in [6, 6.07) is 13.2. The molecule has 1 aliphatic heterocycles. The minimum atomic E-state index is -0.218. The molecule has 0 spiro atoms. The molecule has 1 fully saturated rings. The van der Waals surface area contributed by atoms with E-state index in [1.54, 1.807) is 15.8 Å². The van der Waals surface area contributed by atoms with Crippen LogP contribution in [0, 0.1) is 5.92 Å². The molecule has 1 N–H and O–H groups in total. The molecular weight excluding hydrogens is 354 g/mol. The summed E-state index contributed by atoms with van der Waals surface area (Å²) in [5, 5.41) is 7.22. The second kappa shape index (κ2) is 7.72. The summed E-state index contributed by atoms with van der Waals surface area (Å²) in [6.45, 7) is 1.06. The van der Waals surface area contributed by atoms with E-state index in [2.05, 4.69) is 10.4 Å². The maximum atomic E-state index is 13.2. The zero-order valence-electron chi connectivity index (χ0n) is 15.8. The molecule has 3 heterocycles. The fraction of sp³-hybridized carbons (Fsp3) is 0.286. The number of piperidine rings is 1. The maximum absolute atomic E-state index is 13.2. The second-order valence-electron chi connectivity index (χ2n) is 7.04. The van der Waals surface area contributed by atoms with Crippen LogP contribution >= 0.6 is 0 Å². The number of aromatic nitrogens is 3. The van der Waals surface area contributed by atoms with Gasteiger partial charge in [0, 0.05) is 38.2 Å². The number of benzene rings is 1. The van der Waals surface area contributed by atoms with Crippen LogP contribution in [0.1, 0.15) is 23.2 Å². The van der Waals surface area contributed by atoms with Crippen molar-refractivity contribution < 1.29 is 9.59 Å². The number of nitrogens with one attached hydrogen (secondary N) is 1. The molecule has 7 nitrogen and oxygen atoms in total. The van der Waals surface area contributed by atoms with Crippen LogP contribution in [0.15, 0.2) is 61.1 Å². The van der Waals surface area contributed by atoms with Crippen LogP contribution in [0.4, 0.5) is 5.69 Å². The van der Waals surface area contributed by atoms with Crippen molar-refractivity contribution in [2.45, 2.75) is 12.8 Å². The van der Waals surface area contributed by atoms with Crippen LogP contribution in [0.25, 0.3) is 5.82 Å². The van der Waals surface area contributed by atoms with Gasteiger partial charge in [0.1, 0.15) is 11.4 Å². The monoisotopic (exact) mass is 377 g/mol. The first-order valence-corrected chi connectivity index (χ1v) is 9.44. The first-order valence-electron chi connectivity index (χ1n) is 9.44. The third-order valence-corrected chi connectivity index (χ3v) is 5.11. The van der Waals surface area contributed by atoms with Crippen LogP contribution in [-0.2, 0) is 11.8 Å². The highest BCUT2D eigenvalue weighted by Crippen LogP contribution is 2.23. The van der Waals surface area contributed by atoms with Crippen molar-refractivity contribution in [1.29, 1.82) is 0 Å². The smallest absolute Gasteiger partial charge is 0.259 e. The minimum Gasteiger partial charge on any atom is -0.338 e. The number of amides is 2. The number of rotatable bonds is 4. The molecule has 0 aliphatic carbocycles. The van der Waals surface area contributed by atoms with E-state index in [0.29, 0.717) is 18.7 Å². The van der Waals surface area contributed by atoms with Gasteiger partial charge in [-0.25, -0.2) is 0 Å². The average Bonchev–Trinajstić information content (AvgIpc) is 3.37. The lowest BCUT2D eigenvalue weighted by molar-refractivity contribution is -0.121. The van der Waals surface area contributed by atoms with Gasteiger partial charge in [0.15, 0.2) is 0 Å². The van der Waals surface area contributed by atoms with Crippen LogP contribution < -0.4 is 5.32 Å². The summed E-state index contributed by atoms with van der Waals surface area (Å²) in [4.78, 5) is 27.6. The summed E-state index contributed by atoms with van der Waals surface area (Å²) in [5.41, 5.74) is 1.32. The highest BCUT2D eigenvalue weighted by molar-refractivity contribution is 5.98. The molecule has 0 saturated carbocycles. The van der Waals surface area contributed by atoms with Crippen molar-refractivity contribution in [3.8, 4) is 5.82 Å². The van der Waals surface area contributed by atoms with Gasteiger partial charge in [-0.15, -0.1) is 0 Å². The molecule has 1 aromatic carbocycles. The van der Waals surface area contributed by atoms with E-state index in [4.69, 9.17) is 0 Å². The molecule has 3 aromatic rings. The van der Waals surface area contributed by atoms with Crippen LogP contribution in [0.5, 0.6) is 0 Å². The average molecular weight is 377 g/mol. The number of nitrogens with zero attached hydrogens (tertiary/aromatic N) is 4. The first-order chi connectivity index (χ1) is 13.6. The first kappa shape index (κ1) is 18.0. The highest BCUT2D eigenvalue weighted by atomic mass is 16.2. The van der Waals surface area contributed by atoms with Crippen LogP contribution in [0.2, 0.25) is 0 Å². The summed E-state index contributed by atoms with van der Waals surface area (Å²) in [6.07, 6.45) is 6.96. The van der Waals surface area contributed by atoms with Gasteiger partial charge in [-0.2, -0.15) is 5.10 Å². The highest BCUT2D eigenvalue weighted by Gasteiger charge is 2.31. The molecule has 1 unspecified atom stereocenters. The van der Waals surface area contributed by atoms with Crippen LogP contribution in [-0.4, -0.2) is 44.2 Å². The lowest BCUT2D eigenvalue weighted by Gasteiger charge is -2.32. The molecule has 1 aliphatic rings. The zero-order valence-corrected chi connectivity index (χ0v) is 15.8. The Morgan fingerprint density at radius 1 is 1.11 bits per heavy atom. The fourth-order valence-electron chi connectivity index (χ4n) is 3.68. The summed E-state index contributed by atoms with van der Waals surface area (Å²) in [5.74, 6) is 0.380. The summed E-state index contributed by atoms with van der Waals surface area (Å²) in [7, 11) is 1.82. The summed E-state index contributed by atoms with van der Waals surface area (Å²) >= 11 is 0. The quantitative estimate of drug-likeness (QED) is 0.760. The van der Waals surface area contributed by atoms with Crippen molar-refractivity contribution in [3.05, 3.63) is 66.6 Å². The lowest BCUT2D eigenvalue weighted by atomic mass is 9.96. The number of anilines is 1. The van der Waals surface area contributed by atoms with E-state index >= 15 is 0 Å². The van der Waals surface area contributed by atoms with E-state index in [-0.39, 0.29) is 17.7 Å². The van der Waals surface area contributed by atoms with Crippen molar-refractivity contribution in [2.24, 2.45) is 13.0 Å². The number of hydrogen-bond donors (Lipinski definition) is 1. The third-order valence-electron chi connectivity index (χ3n) is 5.11. The van der Waals surface area contributed by atoms with E-state index in [1.165, 1.54) is 0 Å². The maximum Gasteiger partial charge on any atom is 0.259 e. The molecule has 1 atom stereocenters. The van der Waals surface area contributed by atoms with E-state index in [9.17, 15) is 9.59 Å². The predicted octanol–water partition coefficient (Wildman–Crippen LogP) is 2.70. The van der Waals surface area contributed by atoms with Gasteiger partial charge in [-0.3, -0.25) is 14.3 Å². The molecule has 0 bridgehead atoms. The SMILES string of the molecule is Cn1ncc(C(=O)N2CCCC(C(=O)Nc3ccccc3)C2)c1-n1cccc1. The van der Waals surface area contributed by atoms with E-state index in [0.717, 1.165) is 24.3 Å².